The standard InChI is InChI=1S/C15H20N4O2S2/c1-18-15(12-16-17-18)23(20,21)19-10-4-2-3-6-13(19)8-9-14-7-5-11-22-14/h5,7-9,11-13H,2-4,6,10H2,1H3/b9-8+. The number of aryl methyl sites for hydroxylation is 1. The van der Waals surface area contributed by atoms with Crippen LogP contribution in [0, 0.1) is 0 Å². The molecule has 6 nitrogen and oxygen atoms in total. The van der Waals surface area contributed by atoms with Crippen molar-refractivity contribution in [1.29, 1.82) is 0 Å². The van der Waals surface area contributed by atoms with Gasteiger partial charge in [0.25, 0.3) is 10.0 Å². The van der Waals surface area contributed by atoms with Crippen LogP contribution in [0.1, 0.15) is 30.6 Å². The van der Waals surface area contributed by atoms with Gasteiger partial charge in [0.1, 0.15) is 0 Å². The minimum absolute atomic E-state index is 0.125. The van der Waals surface area contributed by atoms with Gasteiger partial charge in [-0.25, -0.2) is 13.1 Å². The quantitative estimate of drug-likeness (QED) is 0.848. The van der Waals surface area contributed by atoms with Crippen molar-refractivity contribution in [2.75, 3.05) is 6.54 Å². The normalized spacial score (nSPS) is 20.8. The summed E-state index contributed by atoms with van der Waals surface area (Å²) < 4.78 is 28.9. The van der Waals surface area contributed by atoms with E-state index in [4.69, 9.17) is 0 Å². The van der Waals surface area contributed by atoms with Crippen LogP contribution in [0.3, 0.4) is 0 Å². The Hall–Kier alpha value is -1.51. The summed E-state index contributed by atoms with van der Waals surface area (Å²) in [7, 11) is -1.98. The molecule has 0 bridgehead atoms. The van der Waals surface area contributed by atoms with E-state index in [0.29, 0.717) is 6.54 Å². The number of aromatic nitrogens is 3. The Balaban J connectivity index is 1.91. The summed E-state index contributed by atoms with van der Waals surface area (Å²) >= 11 is 1.65. The first-order chi connectivity index (χ1) is 11.1. The highest BCUT2D eigenvalue weighted by Crippen LogP contribution is 2.25. The second-order valence-corrected chi connectivity index (χ2v) is 8.42. The van der Waals surface area contributed by atoms with E-state index in [2.05, 4.69) is 10.3 Å². The van der Waals surface area contributed by atoms with Crippen molar-refractivity contribution < 1.29 is 8.42 Å². The Morgan fingerprint density at radius 2 is 2.22 bits per heavy atom. The highest BCUT2D eigenvalue weighted by atomic mass is 32.2. The molecule has 0 aromatic carbocycles. The molecule has 1 fully saturated rings. The topological polar surface area (TPSA) is 68.1 Å². The number of hydrogen-bond donors (Lipinski definition) is 0. The van der Waals surface area contributed by atoms with Crippen LogP contribution < -0.4 is 0 Å². The lowest BCUT2D eigenvalue weighted by molar-refractivity contribution is 0.364. The predicted molar refractivity (Wildman–Crippen MR) is 90.5 cm³/mol. The number of sulfonamides is 1. The molecule has 0 radical (unpaired) electrons. The molecule has 2 aromatic rings. The maximum atomic E-state index is 13.0. The molecule has 3 heterocycles. The molecule has 0 N–H and O–H groups in total. The highest BCUT2D eigenvalue weighted by molar-refractivity contribution is 7.89. The van der Waals surface area contributed by atoms with Crippen molar-refractivity contribution in [3.05, 3.63) is 34.7 Å². The molecule has 0 saturated carbocycles. The Labute approximate surface area is 140 Å². The van der Waals surface area contributed by atoms with Gasteiger partial charge in [-0.2, -0.15) is 4.31 Å². The van der Waals surface area contributed by atoms with Crippen LogP contribution in [-0.4, -0.2) is 40.3 Å². The third-order valence-electron chi connectivity index (χ3n) is 4.02. The van der Waals surface area contributed by atoms with Gasteiger partial charge in [-0.15, -0.1) is 16.4 Å². The Kier molecular flexibility index (Phi) is 4.93. The maximum Gasteiger partial charge on any atom is 0.262 e. The van der Waals surface area contributed by atoms with Crippen LogP contribution in [0.15, 0.2) is 34.8 Å². The third-order valence-corrected chi connectivity index (χ3v) is 6.83. The maximum absolute atomic E-state index is 13.0. The van der Waals surface area contributed by atoms with Crippen LogP contribution in [-0.2, 0) is 17.1 Å². The molecule has 0 aliphatic carbocycles. The van der Waals surface area contributed by atoms with Crippen molar-refractivity contribution in [3.8, 4) is 0 Å². The summed E-state index contributed by atoms with van der Waals surface area (Å²) in [6.07, 6.45) is 9.16. The average Bonchev–Trinajstić information content (AvgIpc) is 3.12. The molecule has 0 spiro atoms. The molecular formula is C15H20N4O2S2. The second kappa shape index (κ2) is 6.94. The molecule has 1 aliphatic heterocycles. The Morgan fingerprint density at radius 1 is 1.35 bits per heavy atom. The fourth-order valence-corrected chi connectivity index (χ4v) is 5.15. The zero-order valence-corrected chi connectivity index (χ0v) is 14.6. The summed E-state index contributed by atoms with van der Waals surface area (Å²) in [6, 6.07) is 3.90. The fraction of sp³-hybridized carbons (Fsp3) is 0.467. The monoisotopic (exact) mass is 352 g/mol. The van der Waals surface area contributed by atoms with Gasteiger partial charge in [0.2, 0.25) is 0 Å². The zero-order valence-electron chi connectivity index (χ0n) is 13.0. The molecule has 1 unspecified atom stereocenters. The molecular weight excluding hydrogens is 332 g/mol. The lowest BCUT2D eigenvalue weighted by atomic mass is 10.1. The van der Waals surface area contributed by atoms with Crippen LogP contribution in [0.25, 0.3) is 6.08 Å². The molecule has 0 amide bonds. The summed E-state index contributed by atoms with van der Waals surface area (Å²) in [5.74, 6) is 0. The predicted octanol–water partition coefficient (Wildman–Crippen LogP) is 2.52. The first-order valence-electron chi connectivity index (χ1n) is 7.67. The summed E-state index contributed by atoms with van der Waals surface area (Å²) in [6.45, 7) is 0.535. The van der Waals surface area contributed by atoms with E-state index < -0.39 is 10.0 Å². The van der Waals surface area contributed by atoms with E-state index in [9.17, 15) is 8.42 Å². The number of thiophene rings is 1. The van der Waals surface area contributed by atoms with Crippen molar-refractivity contribution in [2.24, 2.45) is 7.05 Å². The lowest BCUT2D eigenvalue weighted by Gasteiger charge is -2.26. The molecule has 1 saturated heterocycles. The molecule has 2 aromatic heterocycles. The van der Waals surface area contributed by atoms with Gasteiger partial charge < -0.3 is 0 Å². The Bertz CT molecular complexity index is 765. The van der Waals surface area contributed by atoms with Gasteiger partial charge >= 0.3 is 0 Å². The van der Waals surface area contributed by atoms with Gasteiger partial charge in [-0.05, 0) is 30.4 Å². The summed E-state index contributed by atoms with van der Waals surface area (Å²) in [4.78, 5) is 1.13. The van der Waals surface area contributed by atoms with Crippen LogP contribution in [0.5, 0.6) is 0 Å². The van der Waals surface area contributed by atoms with Gasteiger partial charge in [-0.3, -0.25) is 0 Å². The van der Waals surface area contributed by atoms with Crippen molar-refractivity contribution in [2.45, 2.75) is 36.8 Å². The first-order valence-corrected chi connectivity index (χ1v) is 9.99. The van der Waals surface area contributed by atoms with Gasteiger partial charge in [0.15, 0.2) is 5.03 Å². The van der Waals surface area contributed by atoms with Crippen molar-refractivity contribution in [1.82, 2.24) is 19.3 Å². The minimum atomic E-state index is -3.59. The van der Waals surface area contributed by atoms with Gasteiger partial charge in [0, 0.05) is 24.5 Å². The molecule has 3 rings (SSSR count). The summed E-state index contributed by atoms with van der Waals surface area (Å²) in [5.41, 5.74) is 0. The zero-order chi connectivity index (χ0) is 16.3. The van der Waals surface area contributed by atoms with E-state index >= 15 is 0 Å². The molecule has 124 valence electrons. The smallest absolute Gasteiger partial charge is 0.236 e. The Morgan fingerprint density at radius 3 is 2.91 bits per heavy atom. The van der Waals surface area contributed by atoms with Crippen LogP contribution >= 0.6 is 11.3 Å². The van der Waals surface area contributed by atoms with Gasteiger partial charge in [-0.1, -0.05) is 30.2 Å². The van der Waals surface area contributed by atoms with Crippen molar-refractivity contribution >= 4 is 27.4 Å². The third kappa shape index (κ3) is 3.54. The molecule has 8 heteroatoms. The van der Waals surface area contributed by atoms with E-state index in [1.807, 2.05) is 29.7 Å². The largest absolute Gasteiger partial charge is 0.262 e. The number of nitrogens with zero attached hydrogens (tertiary/aromatic N) is 4. The van der Waals surface area contributed by atoms with E-state index in [1.54, 1.807) is 22.7 Å². The average molecular weight is 352 g/mol. The molecule has 1 aliphatic rings. The SMILES string of the molecule is Cn1nncc1S(=O)(=O)N1CCCCCC1/C=C/c1cccs1. The highest BCUT2D eigenvalue weighted by Gasteiger charge is 2.33. The molecule has 1 atom stereocenters. The fourth-order valence-electron chi connectivity index (χ4n) is 2.82. The van der Waals surface area contributed by atoms with Crippen LogP contribution in [0.4, 0.5) is 0 Å². The minimum Gasteiger partial charge on any atom is -0.236 e. The number of rotatable bonds is 4. The lowest BCUT2D eigenvalue weighted by Crippen LogP contribution is -2.39. The van der Waals surface area contributed by atoms with Crippen molar-refractivity contribution in [3.63, 3.8) is 0 Å². The first kappa shape index (κ1) is 16.4. The van der Waals surface area contributed by atoms with E-state index in [0.717, 1.165) is 30.6 Å². The van der Waals surface area contributed by atoms with E-state index in [1.165, 1.54) is 10.9 Å². The van der Waals surface area contributed by atoms with Crippen LogP contribution in [0.2, 0.25) is 0 Å². The molecule has 23 heavy (non-hydrogen) atoms. The van der Waals surface area contributed by atoms with Gasteiger partial charge in [0.05, 0.1) is 6.20 Å². The summed E-state index contributed by atoms with van der Waals surface area (Å²) in [5, 5.41) is 9.63. The second-order valence-electron chi connectivity index (χ2n) is 5.60. The number of hydrogen-bond acceptors (Lipinski definition) is 5. The van der Waals surface area contributed by atoms with E-state index in [-0.39, 0.29) is 11.1 Å².